The third kappa shape index (κ3) is 5.44. The molecule has 0 aliphatic carbocycles. The average Bonchev–Trinajstić information content (AvgIpc) is 3.38. The van der Waals surface area contributed by atoms with E-state index in [1.54, 1.807) is 11.3 Å². The number of rotatable bonds is 6. The van der Waals surface area contributed by atoms with Crippen LogP contribution in [0.2, 0.25) is 0 Å². The van der Waals surface area contributed by atoms with Crippen molar-refractivity contribution in [2.45, 2.75) is 46.1 Å². The van der Waals surface area contributed by atoms with Gasteiger partial charge in [0, 0.05) is 69.9 Å². The Morgan fingerprint density at radius 3 is 2.54 bits per heavy atom. The number of nitrogens with one attached hydrogen (secondary N) is 1. The van der Waals surface area contributed by atoms with Gasteiger partial charge in [0.25, 0.3) is 0 Å². The summed E-state index contributed by atoms with van der Waals surface area (Å²) in [6, 6.07) is -0.0204. The van der Waals surface area contributed by atoms with Crippen LogP contribution in [0.3, 0.4) is 0 Å². The minimum absolute atomic E-state index is 0.0204. The number of carbonyl (C=O) groups is 1. The number of likely N-dealkylation sites (tertiary alicyclic amines) is 1. The zero-order valence-corrected chi connectivity index (χ0v) is 18.3. The van der Waals surface area contributed by atoms with Gasteiger partial charge in [-0.1, -0.05) is 0 Å². The van der Waals surface area contributed by atoms with Gasteiger partial charge < -0.3 is 15.1 Å². The summed E-state index contributed by atoms with van der Waals surface area (Å²) < 4.78 is 0. The molecule has 0 aromatic carbocycles. The third-order valence-electron chi connectivity index (χ3n) is 5.53. The predicted octanol–water partition coefficient (Wildman–Crippen LogP) is 1.59. The first kappa shape index (κ1) is 21.0. The predicted molar refractivity (Wildman–Crippen MR) is 115 cm³/mol. The second-order valence-electron chi connectivity index (χ2n) is 7.58. The van der Waals surface area contributed by atoms with Crippen LogP contribution < -0.4 is 5.32 Å². The number of nitrogens with zero attached hydrogens (tertiary/aromatic N) is 5. The van der Waals surface area contributed by atoms with E-state index in [9.17, 15) is 4.79 Å². The summed E-state index contributed by atoms with van der Waals surface area (Å²) in [5, 5.41) is 4.57. The third-order valence-corrected chi connectivity index (χ3v) is 6.50. The normalized spacial score (nSPS) is 19.9. The van der Waals surface area contributed by atoms with Crippen LogP contribution in [0.5, 0.6) is 0 Å². The van der Waals surface area contributed by atoms with Crippen LogP contribution >= 0.6 is 11.3 Å². The van der Waals surface area contributed by atoms with E-state index in [0.29, 0.717) is 5.91 Å². The number of amides is 1. The molecule has 1 aromatic rings. The molecule has 1 aromatic heterocycles. The fourth-order valence-electron chi connectivity index (χ4n) is 3.88. The zero-order chi connectivity index (χ0) is 19.9. The molecule has 1 N–H and O–H groups in total. The lowest BCUT2D eigenvalue weighted by molar-refractivity contribution is -0.135. The van der Waals surface area contributed by atoms with E-state index < -0.39 is 0 Å². The lowest BCUT2D eigenvalue weighted by Crippen LogP contribution is -2.57. The molecule has 2 saturated heterocycles. The molecule has 2 aliphatic heterocycles. The first-order valence-corrected chi connectivity index (χ1v) is 11.4. The van der Waals surface area contributed by atoms with Gasteiger partial charge in [-0.3, -0.25) is 14.7 Å². The maximum atomic E-state index is 12.7. The van der Waals surface area contributed by atoms with E-state index in [2.05, 4.69) is 40.9 Å². The van der Waals surface area contributed by atoms with E-state index >= 15 is 0 Å². The monoisotopic (exact) mass is 406 g/mol. The molecule has 1 amide bonds. The summed E-state index contributed by atoms with van der Waals surface area (Å²) in [5.41, 5.74) is 0. The van der Waals surface area contributed by atoms with Crippen LogP contribution in [0.4, 0.5) is 0 Å². The van der Waals surface area contributed by atoms with Crippen molar-refractivity contribution in [3.63, 3.8) is 0 Å². The lowest BCUT2D eigenvalue weighted by atomic mass is 10.2. The van der Waals surface area contributed by atoms with Crippen LogP contribution in [0.15, 0.2) is 11.2 Å². The van der Waals surface area contributed by atoms with Gasteiger partial charge in [0.2, 0.25) is 5.91 Å². The van der Waals surface area contributed by atoms with Crippen LogP contribution in [0, 0.1) is 6.92 Å². The fraction of sp³-hybridized carbons (Fsp3) is 0.750. The lowest BCUT2D eigenvalue weighted by Gasteiger charge is -2.39. The Morgan fingerprint density at radius 2 is 1.93 bits per heavy atom. The molecule has 0 radical (unpaired) electrons. The highest BCUT2D eigenvalue weighted by atomic mass is 32.1. The van der Waals surface area contributed by atoms with E-state index in [1.807, 2.05) is 11.1 Å². The molecular formula is C20H34N6OS. The average molecular weight is 407 g/mol. The van der Waals surface area contributed by atoms with E-state index in [0.717, 1.165) is 82.6 Å². The van der Waals surface area contributed by atoms with Crippen LogP contribution in [-0.4, -0.2) is 90.0 Å². The summed E-state index contributed by atoms with van der Waals surface area (Å²) in [6.07, 6.45) is 5.11. The van der Waals surface area contributed by atoms with Gasteiger partial charge in [-0.05, 0) is 33.6 Å². The summed E-state index contributed by atoms with van der Waals surface area (Å²) >= 11 is 1.75. The molecule has 1 unspecified atom stereocenters. The summed E-state index contributed by atoms with van der Waals surface area (Å²) in [5.74, 6) is 1.28. The summed E-state index contributed by atoms with van der Waals surface area (Å²) in [7, 11) is 0. The molecule has 156 valence electrons. The minimum Gasteiger partial charge on any atom is -0.357 e. The van der Waals surface area contributed by atoms with Crippen LogP contribution in [-0.2, 0) is 11.2 Å². The highest BCUT2D eigenvalue weighted by molar-refractivity contribution is 7.11. The standard InChI is InChI=1S/C20H34N6OS/c1-4-21-20(22-8-7-18-23-15-16(2)28-18)26-13-11-24(12-14-26)17(3)19(27)25-9-5-6-10-25/h15,17H,4-14H2,1-3H3,(H,21,22). The van der Waals surface area contributed by atoms with Crippen LogP contribution in [0.1, 0.15) is 36.6 Å². The highest BCUT2D eigenvalue weighted by Gasteiger charge is 2.30. The Balaban J connectivity index is 1.50. The fourth-order valence-corrected chi connectivity index (χ4v) is 4.66. The molecule has 2 fully saturated rings. The molecule has 8 heteroatoms. The molecule has 2 aliphatic rings. The highest BCUT2D eigenvalue weighted by Crippen LogP contribution is 2.14. The molecule has 0 spiro atoms. The Morgan fingerprint density at radius 1 is 1.21 bits per heavy atom. The number of aryl methyl sites for hydroxylation is 1. The van der Waals surface area contributed by atoms with Gasteiger partial charge in [-0.2, -0.15) is 0 Å². The molecule has 3 rings (SSSR count). The zero-order valence-electron chi connectivity index (χ0n) is 17.5. The number of piperazine rings is 1. The summed E-state index contributed by atoms with van der Waals surface area (Å²) in [4.78, 5) is 29.8. The maximum Gasteiger partial charge on any atom is 0.239 e. The van der Waals surface area contributed by atoms with Crippen molar-refractivity contribution in [2.75, 3.05) is 52.4 Å². The Labute approximate surface area is 172 Å². The Kier molecular flexibility index (Phi) is 7.67. The van der Waals surface area contributed by atoms with Crippen molar-refractivity contribution in [3.8, 4) is 0 Å². The minimum atomic E-state index is -0.0204. The van der Waals surface area contributed by atoms with Crippen molar-refractivity contribution in [1.29, 1.82) is 0 Å². The van der Waals surface area contributed by atoms with Crippen molar-refractivity contribution in [1.82, 2.24) is 25.0 Å². The number of carbonyl (C=O) groups excluding carboxylic acids is 1. The topological polar surface area (TPSA) is 64.1 Å². The van der Waals surface area contributed by atoms with Gasteiger partial charge >= 0.3 is 0 Å². The molecular weight excluding hydrogens is 372 g/mol. The quantitative estimate of drug-likeness (QED) is 0.574. The maximum absolute atomic E-state index is 12.7. The number of hydrogen-bond donors (Lipinski definition) is 1. The van der Waals surface area contributed by atoms with Crippen molar-refractivity contribution in [3.05, 3.63) is 16.1 Å². The van der Waals surface area contributed by atoms with E-state index in [4.69, 9.17) is 4.99 Å². The number of thiazole rings is 1. The first-order chi connectivity index (χ1) is 13.6. The van der Waals surface area contributed by atoms with Gasteiger partial charge in [-0.15, -0.1) is 11.3 Å². The molecule has 0 saturated carbocycles. The number of hydrogen-bond acceptors (Lipinski definition) is 5. The van der Waals surface area contributed by atoms with Gasteiger partial charge in [0.1, 0.15) is 0 Å². The van der Waals surface area contributed by atoms with Crippen molar-refractivity contribution in [2.24, 2.45) is 4.99 Å². The molecule has 1 atom stereocenters. The SMILES string of the molecule is CCNC(=NCCc1ncc(C)s1)N1CCN(C(C)C(=O)N2CCCC2)CC1. The van der Waals surface area contributed by atoms with Crippen molar-refractivity contribution >= 4 is 23.2 Å². The molecule has 3 heterocycles. The second kappa shape index (κ2) is 10.2. The Hall–Kier alpha value is -1.67. The molecule has 28 heavy (non-hydrogen) atoms. The largest absolute Gasteiger partial charge is 0.357 e. The second-order valence-corrected chi connectivity index (χ2v) is 8.90. The first-order valence-electron chi connectivity index (χ1n) is 10.6. The van der Waals surface area contributed by atoms with E-state index in [-0.39, 0.29) is 6.04 Å². The Bertz CT molecular complexity index is 661. The number of aromatic nitrogens is 1. The summed E-state index contributed by atoms with van der Waals surface area (Å²) in [6.45, 7) is 13.3. The molecule has 7 nitrogen and oxygen atoms in total. The van der Waals surface area contributed by atoms with Crippen LogP contribution in [0.25, 0.3) is 0 Å². The number of guanidine groups is 1. The van der Waals surface area contributed by atoms with Crippen molar-refractivity contribution < 1.29 is 4.79 Å². The number of aliphatic imine (C=N–C) groups is 1. The van der Waals surface area contributed by atoms with Gasteiger partial charge in [-0.25, -0.2) is 4.98 Å². The van der Waals surface area contributed by atoms with E-state index in [1.165, 1.54) is 4.88 Å². The van der Waals surface area contributed by atoms with Gasteiger partial charge in [0.05, 0.1) is 11.0 Å². The van der Waals surface area contributed by atoms with Gasteiger partial charge in [0.15, 0.2) is 5.96 Å². The molecule has 0 bridgehead atoms. The smallest absolute Gasteiger partial charge is 0.239 e.